The maximum absolute atomic E-state index is 14.3. The molecule has 2 saturated carbocycles. The van der Waals surface area contributed by atoms with Crippen LogP contribution in [0, 0.1) is 30.1 Å². The minimum absolute atomic E-state index is 0.164. The van der Waals surface area contributed by atoms with Gasteiger partial charge in [0, 0.05) is 45.9 Å². The Labute approximate surface area is 198 Å². The number of ether oxygens (including phenoxy) is 2. The third kappa shape index (κ3) is 4.04. The van der Waals surface area contributed by atoms with Gasteiger partial charge in [-0.25, -0.2) is 0 Å². The number of benzene rings is 1. The molecule has 0 bridgehead atoms. The number of carbonyl (C=O) groups is 1. The molecule has 0 aromatic heterocycles. The summed E-state index contributed by atoms with van der Waals surface area (Å²) in [4.78, 5) is 19.2. The van der Waals surface area contributed by atoms with Crippen molar-refractivity contribution in [3.05, 3.63) is 34.9 Å². The first kappa shape index (κ1) is 22.1. The Morgan fingerprint density at radius 2 is 2.12 bits per heavy atom. The maximum Gasteiger partial charge on any atom is 0.230 e. The fourth-order valence-electron chi connectivity index (χ4n) is 7.66. The lowest BCUT2D eigenvalue weighted by atomic mass is 9.77. The zero-order valence-electron chi connectivity index (χ0n) is 20.4. The van der Waals surface area contributed by atoms with Gasteiger partial charge in [-0.3, -0.25) is 9.69 Å². The summed E-state index contributed by atoms with van der Waals surface area (Å²) in [5.74, 6) is 2.19. The van der Waals surface area contributed by atoms with Crippen LogP contribution in [0.4, 0.5) is 0 Å². The number of hydrogen-bond acceptors (Lipinski definition) is 4. The van der Waals surface area contributed by atoms with Crippen LogP contribution in [0.1, 0.15) is 55.2 Å². The SMILES string of the molecule is COC1COCCC1C[C@@H]1C[C@H]2CN(C3CC3)C[C@@]2(C(=O)N2CCc3ccc(C)cc3C2)C1. The van der Waals surface area contributed by atoms with Gasteiger partial charge in [0.1, 0.15) is 0 Å². The van der Waals surface area contributed by atoms with E-state index in [1.165, 1.54) is 42.4 Å². The van der Waals surface area contributed by atoms with Crippen molar-refractivity contribution in [3.63, 3.8) is 0 Å². The molecule has 2 aliphatic carbocycles. The number of fused-ring (bicyclic) bond motifs is 2. The minimum atomic E-state index is -0.164. The molecule has 5 aliphatic rings. The number of aryl methyl sites for hydroxylation is 1. The molecule has 1 amide bonds. The van der Waals surface area contributed by atoms with Crippen LogP contribution >= 0.6 is 0 Å². The molecular formula is C28H40N2O3. The number of hydrogen-bond donors (Lipinski definition) is 0. The average Bonchev–Trinajstić information content (AvgIpc) is 3.53. The van der Waals surface area contributed by atoms with Gasteiger partial charge >= 0.3 is 0 Å². The molecule has 3 heterocycles. The molecule has 1 aromatic rings. The van der Waals surface area contributed by atoms with Crippen LogP contribution in [0.5, 0.6) is 0 Å². The molecule has 5 heteroatoms. The summed E-state index contributed by atoms with van der Waals surface area (Å²) in [5, 5.41) is 0. The minimum Gasteiger partial charge on any atom is -0.379 e. The Morgan fingerprint density at radius 1 is 1.24 bits per heavy atom. The number of amides is 1. The van der Waals surface area contributed by atoms with Crippen LogP contribution < -0.4 is 0 Å². The Bertz CT molecular complexity index is 899. The van der Waals surface area contributed by atoms with E-state index in [4.69, 9.17) is 9.47 Å². The van der Waals surface area contributed by atoms with E-state index in [1.54, 1.807) is 0 Å². The molecule has 3 aliphatic heterocycles. The Balaban J connectivity index is 1.21. The number of rotatable bonds is 5. The van der Waals surface area contributed by atoms with Crippen LogP contribution in [0.3, 0.4) is 0 Å². The van der Waals surface area contributed by atoms with Crippen molar-refractivity contribution < 1.29 is 14.3 Å². The maximum atomic E-state index is 14.3. The molecule has 2 saturated heterocycles. The molecule has 4 fully saturated rings. The molecule has 180 valence electrons. The Kier molecular flexibility index (Phi) is 5.79. The molecule has 0 spiro atoms. The van der Waals surface area contributed by atoms with Gasteiger partial charge in [-0.15, -0.1) is 0 Å². The van der Waals surface area contributed by atoms with Crippen LogP contribution in [0.2, 0.25) is 0 Å². The zero-order chi connectivity index (χ0) is 22.6. The van der Waals surface area contributed by atoms with Crippen LogP contribution in [0.25, 0.3) is 0 Å². The Morgan fingerprint density at radius 3 is 2.94 bits per heavy atom. The molecule has 0 radical (unpaired) electrons. The molecule has 6 rings (SSSR count). The topological polar surface area (TPSA) is 42.0 Å². The zero-order valence-corrected chi connectivity index (χ0v) is 20.4. The van der Waals surface area contributed by atoms with E-state index in [1.807, 2.05) is 7.11 Å². The van der Waals surface area contributed by atoms with Crippen LogP contribution in [0.15, 0.2) is 18.2 Å². The van der Waals surface area contributed by atoms with Crippen LogP contribution in [-0.2, 0) is 27.2 Å². The second-order valence-corrected chi connectivity index (χ2v) is 11.7. The largest absolute Gasteiger partial charge is 0.379 e. The van der Waals surface area contributed by atoms with E-state index >= 15 is 0 Å². The summed E-state index contributed by atoms with van der Waals surface area (Å²) in [5.41, 5.74) is 3.92. The highest BCUT2D eigenvalue weighted by Crippen LogP contribution is 2.56. The molecule has 1 aromatic carbocycles. The normalized spacial score (nSPS) is 36.6. The smallest absolute Gasteiger partial charge is 0.230 e. The number of methoxy groups -OCH3 is 1. The van der Waals surface area contributed by atoms with Crippen molar-refractivity contribution in [2.24, 2.45) is 23.2 Å². The summed E-state index contributed by atoms with van der Waals surface area (Å²) in [6.07, 6.45) is 8.45. The van der Waals surface area contributed by atoms with Gasteiger partial charge in [0.15, 0.2) is 0 Å². The van der Waals surface area contributed by atoms with Crippen molar-refractivity contribution in [2.45, 2.75) is 70.6 Å². The molecular weight excluding hydrogens is 412 g/mol. The number of carbonyl (C=O) groups excluding carboxylic acids is 1. The predicted octanol–water partition coefficient (Wildman–Crippen LogP) is 3.81. The van der Waals surface area contributed by atoms with E-state index in [-0.39, 0.29) is 11.5 Å². The summed E-state index contributed by atoms with van der Waals surface area (Å²) >= 11 is 0. The number of likely N-dealkylation sites (tertiary alicyclic amines) is 1. The molecule has 2 unspecified atom stereocenters. The van der Waals surface area contributed by atoms with Crippen molar-refractivity contribution in [2.75, 3.05) is 40.0 Å². The lowest BCUT2D eigenvalue weighted by Gasteiger charge is -2.38. The first-order valence-electron chi connectivity index (χ1n) is 13.3. The average molecular weight is 453 g/mol. The van der Waals surface area contributed by atoms with Gasteiger partial charge in [-0.2, -0.15) is 0 Å². The molecule has 0 N–H and O–H groups in total. The van der Waals surface area contributed by atoms with Crippen molar-refractivity contribution >= 4 is 5.91 Å². The van der Waals surface area contributed by atoms with Crippen molar-refractivity contribution in [1.82, 2.24) is 9.80 Å². The number of nitrogens with zero attached hydrogens (tertiary/aromatic N) is 2. The van der Waals surface area contributed by atoms with E-state index in [0.717, 1.165) is 64.7 Å². The van der Waals surface area contributed by atoms with E-state index in [0.29, 0.717) is 23.7 Å². The van der Waals surface area contributed by atoms with Gasteiger partial charge in [0.2, 0.25) is 5.91 Å². The second-order valence-electron chi connectivity index (χ2n) is 11.7. The first-order valence-corrected chi connectivity index (χ1v) is 13.3. The Hall–Kier alpha value is -1.43. The highest BCUT2D eigenvalue weighted by molar-refractivity contribution is 5.84. The van der Waals surface area contributed by atoms with E-state index in [2.05, 4.69) is 34.9 Å². The summed E-state index contributed by atoms with van der Waals surface area (Å²) < 4.78 is 11.4. The standard InChI is InChI=1S/C28H40N2O3/c1-19-3-4-21-7-9-29(15-23(21)11-19)27(31)28-14-20(12-22-8-10-33-17-26(22)32-2)13-24(28)16-30(18-28)25-5-6-25/h3-4,11,20,22,24-26H,5-10,12-18H2,1-2H3/t20-,22?,24+,26?,28+/m1/s1. The third-order valence-electron chi connectivity index (χ3n) is 9.52. The van der Waals surface area contributed by atoms with Crippen molar-refractivity contribution in [1.29, 1.82) is 0 Å². The van der Waals surface area contributed by atoms with Gasteiger partial charge in [0.25, 0.3) is 0 Å². The fourth-order valence-corrected chi connectivity index (χ4v) is 7.66. The van der Waals surface area contributed by atoms with Gasteiger partial charge in [-0.05, 0) is 80.8 Å². The van der Waals surface area contributed by atoms with Gasteiger partial charge in [0.05, 0.1) is 18.1 Å². The van der Waals surface area contributed by atoms with E-state index in [9.17, 15) is 4.79 Å². The lowest BCUT2D eigenvalue weighted by molar-refractivity contribution is -0.144. The summed E-state index contributed by atoms with van der Waals surface area (Å²) in [6.45, 7) is 7.54. The monoisotopic (exact) mass is 452 g/mol. The lowest BCUT2D eigenvalue weighted by Crippen LogP contribution is -2.48. The highest BCUT2D eigenvalue weighted by Gasteiger charge is 2.60. The van der Waals surface area contributed by atoms with Gasteiger partial charge < -0.3 is 14.4 Å². The fraction of sp³-hybridized carbons (Fsp3) is 0.750. The second kappa shape index (κ2) is 8.66. The quantitative estimate of drug-likeness (QED) is 0.681. The first-order chi connectivity index (χ1) is 16.1. The molecule has 5 nitrogen and oxygen atoms in total. The third-order valence-corrected chi connectivity index (χ3v) is 9.52. The van der Waals surface area contributed by atoms with Crippen LogP contribution in [-0.4, -0.2) is 67.8 Å². The van der Waals surface area contributed by atoms with E-state index < -0.39 is 0 Å². The summed E-state index contributed by atoms with van der Waals surface area (Å²) in [6, 6.07) is 7.52. The predicted molar refractivity (Wildman–Crippen MR) is 128 cm³/mol. The molecule has 5 atom stereocenters. The van der Waals surface area contributed by atoms with Gasteiger partial charge in [-0.1, -0.05) is 23.8 Å². The summed E-state index contributed by atoms with van der Waals surface area (Å²) in [7, 11) is 1.82. The van der Waals surface area contributed by atoms with Crippen molar-refractivity contribution in [3.8, 4) is 0 Å². The molecule has 33 heavy (non-hydrogen) atoms. The highest BCUT2D eigenvalue weighted by atomic mass is 16.5.